The Morgan fingerprint density at radius 3 is 2.85 bits per heavy atom. The minimum Gasteiger partial charge on any atom is -0.389 e. The molecule has 1 aliphatic heterocycles. The number of nitrogens with two attached hydrogens (primary N) is 1. The van der Waals surface area contributed by atoms with Crippen LogP contribution < -0.4 is 5.73 Å². The largest absolute Gasteiger partial charge is 0.389 e. The maximum Gasteiger partial charge on any atom is 0.251 e. The number of pyridine rings is 1. The zero-order chi connectivity index (χ0) is 19.2. The van der Waals surface area contributed by atoms with Crippen LogP contribution in [0.1, 0.15) is 59.6 Å². The number of fused-ring (bicyclic) bond motifs is 1. The van der Waals surface area contributed by atoms with Crippen molar-refractivity contribution in [3.8, 4) is 0 Å². The van der Waals surface area contributed by atoms with Crippen LogP contribution in [0.15, 0.2) is 24.4 Å². The Bertz CT molecular complexity index is 873. The van der Waals surface area contributed by atoms with Crippen molar-refractivity contribution < 1.29 is 23.4 Å². The van der Waals surface area contributed by atoms with Gasteiger partial charge in [0.2, 0.25) is 0 Å². The lowest BCUT2D eigenvalue weighted by atomic mass is 9.77. The monoisotopic (exact) mass is 378 g/mol. The van der Waals surface area contributed by atoms with E-state index >= 15 is 0 Å². The number of halogens is 2. The molecule has 1 aliphatic carbocycles. The first-order valence-electron chi connectivity index (χ1n) is 9.39. The van der Waals surface area contributed by atoms with Crippen molar-refractivity contribution >= 4 is 11.4 Å². The molecule has 4 rings (SSSR count). The Morgan fingerprint density at radius 2 is 2.19 bits per heavy atom. The Hall–Kier alpha value is -1.99. The number of aromatic nitrogens is 1. The third kappa shape index (κ3) is 3.34. The summed E-state index contributed by atoms with van der Waals surface area (Å²) in [5.41, 5.74) is 6.53. The minimum atomic E-state index is -2.89. The van der Waals surface area contributed by atoms with Crippen LogP contribution in [-0.2, 0) is 11.2 Å². The second kappa shape index (κ2) is 6.56. The number of aliphatic hydroxyl groups is 1. The first kappa shape index (κ1) is 18.4. The molecule has 1 amide bonds. The summed E-state index contributed by atoms with van der Waals surface area (Å²) in [6.07, 6.45) is 2.36. The summed E-state index contributed by atoms with van der Waals surface area (Å²) in [7, 11) is 0. The second-order valence-corrected chi connectivity index (χ2v) is 7.91. The number of alkyl halides is 2. The molecule has 1 unspecified atom stereocenters. The normalized spacial score (nSPS) is 27.9. The zero-order valence-corrected chi connectivity index (χ0v) is 15.1. The van der Waals surface area contributed by atoms with Crippen molar-refractivity contribution in [1.29, 1.82) is 0 Å². The van der Waals surface area contributed by atoms with E-state index in [1.807, 2.05) is 22.7 Å². The number of amides is 1. The molecule has 2 atom stereocenters. The van der Waals surface area contributed by atoms with Crippen LogP contribution in [0.5, 0.6) is 0 Å². The van der Waals surface area contributed by atoms with Gasteiger partial charge in [-0.25, -0.2) is 8.78 Å². The van der Waals surface area contributed by atoms with E-state index in [9.17, 15) is 18.7 Å². The number of primary amides is 1. The lowest BCUT2D eigenvalue weighted by molar-refractivity contribution is -0.123. The van der Waals surface area contributed by atoms with E-state index in [4.69, 9.17) is 10.5 Å². The fourth-order valence-corrected chi connectivity index (χ4v) is 4.75. The van der Waals surface area contributed by atoms with E-state index in [0.29, 0.717) is 29.9 Å². The highest BCUT2D eigenvalue weighted by Gasteiger charge is 2.46. The third-order valence-electron chi connectivity index (χ3n) is 5.83. The maximum absolute atomic E-state index is 14.0. The molecule has 3 N–H and O–H groups in total. The van der Waals surface area contributed by atoms with Crippen LogP contribution in [0.4, 0.5) is 8.78 Å². The Morgan fingerprint density at radius 1 is 1.37 bits per heavy atom. The smallest absolute Gasteiger partial charge is 0.251 e. The molecular weight excluding hydrogens is 354 g/mol. The SMILES string of the molecule is NC(=O)c1c(C[C@@]2(O)CCCC(F)(F)C2)c(C2CCOC2)n2ccccc12. The second-order valence-electron chi connectivity index (χ2n) is 7.91. The highest BCUT2D eigenvalue weighted by molar-refractivity contribution is 6.02. The van der Waals surface area contributed by atoms with E-state index in [1.165, 1.54) is 0 Å². The van der Waals surface area contributed by atoms with E-state index < -0.39 is 23.9 Å². The Kier molecular flexibility index (Phi) is 4.47. The predicted octanol–water partition coefficient (Wildman–Crippen LogP) is 3.03. The van der Waals surface area contributed by atoms with Crippen molar-refractivity contribution in [2.45, 2.75) is 56.0 Å². The molecule has 1 saturated heterocycles. The number of hydrogen-bond acceptors (Lipinski definition) is 3. The number of rotatable bonds is 4. The van der Waals surface area contributed by atoms with Crippen molar-refractivity contribution in [1.82, 2.24) is 4.40 Å². The molecule has 2 aromatic rings. The Labute approximate surface area is 156 Å². The van der Waals surface area contributed by atoms with Gasteiger partial charge in [0.25, 0.3) is 11.8 Å². The molecule has 7 heteroatoms. The van der Waals surface area contributed by atoms with Crippen LogP contribution in [-0.4, -0.2) is 40.2 Å². The molecular formula is C20H24F2N2O3. The quantitative estimate of drug-likeness (QED) is 0.859. The average Bonchev–Trinajstić information content (AvgIpc) is 3.18. The van der Waals surface area contributed by atoms with Crippen LogP contribution in [0.3, 0.4) is 0 Å². The van der Waals surface area contributed by atoms with E-state index in [2.05, 4.69) is 0 Å². The van der Waals surface area contributed by atoms with Gasteiger partial charge >= 0.3 is 0 Å². The predicted molar refractivity (Wildman–Crippen MR) is 96.2 cm³/mol. The molecule has 2 aromatic heterocycles. The van der Waals surface area contributed by atoms with Gasteiger partial charge in [-0.15, -0.1) is 0 Å². The standard InChI is InChI=1S/C20H24F2N2O3/c21-20(22)7-3-6-19(26,12-20)10-14-16(18(23)25)15-4-1-2-8-24(15)17(14)13-5-9-27-11-13/h1-2,4,8,13,26H,3,5-7,9-12H2,(H2,23,25)/t13?,19-/m0/s1. The number of ether oxygens (including phenoxy) is 1. The molecule has 27 heavy (non-hydrogen) atoms. The number of nitrogens with zero attached hydrogens (tertiary/aromatic N) is 1. The molecule has 0 spiro atoms. The van der Waals surface area contributed by atoms with E-state index in [1.54, 1.807) is 6.07 Å². The van der Waals surface area contributed by atoms with Crippen molar-refractivity contribution in [3.63, 3.8) is 0 Å². The topological polar surface area (TPSA) is 77.0 Å². The average molecular weight is 378 g/mol. The highest BCUT2D eigenvalue weighted by Crippen LogP contribution is 2.43. The van der Waals surface area contributed by atoms with Gasteiger partial charge in [0.05, 0.1) is 23.3 Å². The van der Waals surface area contributed by atoms with Crippen LogP contribution in [0, 0.1) is 0 Å². The van der Waals surface area contributed by atoms with Gasteiger partial charge in [0, 0.05) is 43.7 Å². The molecule has 2 aliphatic rings. The summed E-state index contributed by atoms with van der Waals surface area (Å²) in [6, 6.07) is 5.46. The van der Waals surface area contributed by atoms with Gasteiger partial charge in [-0.05, 0) is 37.0 Å². The van der Waals surface area contributed by atoms with Crippen molar-refractivity contribution in [3.05, 3.63) is 41.2 Å². The lowest BCUT2D eigenvalue weighted by Gasteiger charge is -2.37. The van der Waals surface area contributed by atoms with E-state index in [-0.39, 0.29) is 31.6 Å². The fourth-order valence-electron chi connectivity index (χ4n) is 4.75. The molecule has 0 radical (unpaired) electrons. The van der Waals surface area contributed by atoms with Gasteiger partial charge in [-0.3, -0.25) is 4.79 Å². The molecule has 3 heterocycles. The van der Waals surface area contributed by atoms with Crippen LogP contribution in [0.25, 0.3) is 5.52 Å². The lowest BCUT2D eigenvalue weighted by Crippen LogP contribution is -2.43. The minimum absolute atomic E-state index is 0.00558. The number of hydrogen-bond donors (Lipinski definition) is 2. The third-order valence-corrected chi connectivity index (χ3v) is 5.83. The van der Waals surface area contributed by atoms with Gasteiger partial charge in [0.15, 0.2) is 0 Å². The highest BCUT2D eigenvalue weighted by atomic mass is 19.3. The van der Waals surface area contributed by atoms with Crippen LogP contribution in [0.2, 0.25) is 0 Å². The first-order valence-corrected chi connectivity index (χ1v) is 9.39. The Balaban J connectivity index is 1.86. The summed E-state index contributed by atoms with van der Waals surface area (Å²) in [4.78, 5) is 12.3. The summed E-state index contributed by atoms with van der Waals surface area (Å²) in [5.74, 6) is -3.46. The fraction of sp³-hybridized carbons (Fsp3) is 0.550. The summed E-state index contributed by atoms with van der Waals surface area (Å²) >= 11 is 0. The molecule has 1 saturated carbocycles. The van der Waals surface area contributed by atoms with Gasteiger partial charge in [-0.1, -0.05) is 6.07 Å². The molecule has 146 valence electrons. The molecule has 5 nitrogen and oxygen atoms in total. The van der Waals surface area contributed by atoms with Crippen molar-refractivity contribution in [2.75, 3.05) is 13.2 Å². The summed E-state index contributed by atoms with van der Waals surface area (Å²) in [5, 5.41) is 11.0. The zero-order valence-electron chi connectivity index (χ0n) is 15.1. The molecule has 0 bridgehead atoms. The van der Waals surface area contributed by atoms with E-state index in [0.717, 1.165) is 12.1 Å². The van der Waals surface area contributed by atoms with Gasteiger partial charge in [-0.2, -0.15) is 0 Å². The number of carbonyl (C=O) groups excluding carboxylic acids is 1. The van der Waals surface area contributed by atoms with Crippen molar-refractivity contribution in [2.24, 2.45) is 5.73 Å². The molecule has 2 fully saturated rings. The molecule has 0 aromatic carbocycles. The van der Waals surface area contributed by atoms with Gasteiger partial charge in [0.1, 0.15) is 0 Å². The summed E-state index contributed by atoms with van der Waals surface area (Å²) in [6.45, 7) is 1.11. The number of carbonyl (C=O) groups is 1. The van der Waals surface area contributed by atoms with Gasteiger partial charge < -0.3 is 20.0 Å². The summed E-state index contributed by atoms with van der Waals surface area (Å²) < 4.78 is 35.4. The maximum atomic E-state index is 14.0. The first-order chi connectivity index (χ1) is 12.8. The van der Waals surface area contributed by atoms with Crippen LogP contribution >= 0.6 is 0 Å².